The summed E-state index contributed by atoms with van der Waals surface area (Å²) >= 11 is 1.96. The van der Waals surface area contributed by atoms with Crippen molar-refractivity contribution in [3.63, 3.8) is 0 Å². The number of H-pyrrole nitrogens is 1. The zero-order valence-corrected chi connectivity index (χ0v) is 9.05. The fraction of sp³-hybridized carbons (Fsp3) is 0.273. The molecule has 1 aliphatic rings. The first-order chi connectivity index (χ1) is 7.45. The quantitative estimate of drug-likeness (QED) is 0.796. The highest BCUT2D eigenvalue weighted by Gasteiger charge is 2.18. The molecule has 0 aromatic carbocycles. The van der Waals surface area contributed by atoms with Crippen molar-refractivity contribution in [2.75, 3.05) is 5.75 Å². The second-order valence-corrected chi connectivity index (χ2v) is 4.65. The van der Waals surface area contributed by atoms with Crippen molar-refractivity contribution in [2.24, 2.45) is 0 Å². The number of hydrogen-bond donors (Lipinski definition) is 1. The lowest BCUT2D eigenvalue weighted by atomic mass is 10.1. The summed E-state index contributed by atoms with van der Waals surface area (Å²) in [5.74, 6) is 2.24. The summed E-state index contributed by atoms with van der Waals surface area (Å²) in [4.78, 5) is 4.34. The summed E-state index contributed by atoms with van der Waals surface area (Å²) < 4.78 is 0. The van der Waals surface area contributed by atoms with Crippen LogP contribution in [0.15, 0.2) is 24.4 Å². The molecule has 0 bridgehead atoms. The molecule has 0 atom stereocenters. The van der Waals surface area contributed by atoms with E-state index in [0.717, 1.165) is 23.6 Å². The van der Waals surface area contributed by atoms with E-state index in [9.17, 15) is 0 Å². The van der Waals surface area contributed by atoms with Crippen molar-refractivity contribution in [2.45, 2.75) is 12.2 Å². The predicted molar refractivity (Wildman–Crippen MR) is 61.7 cm³/mol. The lowest BCUT2D eigenvalue weighted by molar-refractivity contribution is 0.965. The topological polar surface area (TPSA) is 41.6 Å². The maximum Gasteiger partial charge on any atom is 0.115 e. The van der Waals surface area contributed by atoms with Crippen LogP contribution in [0, 0.1) is 0 Å². The molecule has 0 fully saturated rings. The molecule has 2 aromatic rings. The summed E-state index contributed by atoms with van der Waals surface area (Å²) in [6.07, 6.45) is 2.91. The zero-order valence-electron chi connectivity index (χ0n) is 8.23. The highest BCUT2D eigenvalue weighted by molar-refractivity contribution is 7.98. The van der Waals surface area contributed by atoms with Gasteiger partial charge in [-0.3, -0.25) is 10.1 Å². The Bertz CT molecular complexity index is 464. The van der Waals surface area contributed by atoms with Gasteiger partial charge in [0, 0.05) is 23.2 Å². The molecule has 0 saturated carbocycles. The largest absolute Gasteiger partial charge is 0.282 e. The molecule has 1 aliphatic heterocycles. The number of aromatic amines is 1. The minimum atomic E-state index is 0.970. The van der Waals surface area contributed by atoms with Crippen LogP contribution < -0.4 is 0 Å². The molecule has 76 valence electrons. The van der Waals surface area contributed by atoms with E-state index in [4.69, 9.17) is 0 Å². The normalized spacial score (nSPS) is 14.9. The third kappa shape index (κ3) is 1.55. The van der Waals surface area contributed by atoms with E-state index in [2.05, 4.69) is 15.2 Å². The maximum atomic E-state index is 4.37. The molecule has 0 spiro atoms. The van der Waals surface area contributed by atoms with Gasteiger partial charge in [-0.05, 0) is 24.3 Å². The van der Waals surface area contributed by atoms with Crippen LogP contribution in [-0.2, 0) is 12.2 Å². The van der Waals surface area contributed by atoms with Crippen LogP contribution in [0.3, 0.4) is 0 Å². The number of pyridine rings is 1. The minimum Gasteiger partial charge on any atom is -0.282 e. The smallest absolute Gasteiger partial charge is 0.115 e. The van der Waals surface area contributed by atoms with E-state index in [1.807, 2.05) is 36.2 Å². The molecule has 15 heavy (non-hydrogen) atoms. The van der Waals surface area contributed by atoms with E-state index in [1.165, 1.54) is 17.0 Å². The maximum absolute atomic E-state index is 4.37. The molecule has 2 aromatic heterocycles. The number of fused-ring (bicyclic) bond motifs is 1. The van der Waals surface area contributed by atoms with Gasteiger partial charge in [-0.1, -0.05) is 6.07 Å². The lowest BCUT2D eigenvalue weighted by Crippen LogP contribution is -2.01. The van der Waals surface area contributed by atoms with E-state index in [0.29, 0.717) is 0 Å². The Morgan fingerprint density at radius 3 is 3.20 bits per heavy atom. The molecule has 0 saturated heterocycles. The first-order valence-electron chi connectivity index (χ1n) is 5.00. The first-order valence-corrected chi connectivity index (χ1v) is 6.16. The van der Waals surface area contributed by atoms with Crippen molar-refractivity contribution < 1.29 is 0 Å². The summed E-state index contributed by atoms with van der Waals surface area (Å²) in [6.45, 7) is 0. The number of nitrogens with zero attached hydrogens (tertiary/aromatic N) is 2. The second-order valence-electron chi connectivity index (χ2n) is 3.55. The molecule has 0 radical (unpaired) electrons. The average molecular weight is 217 g/mol. The van der Waals surface area contributed by atoms with Crippen LogP contribution in [0.2, 0.25) is 0 Å². The van der Waals surface area contributed by atoms with E-state index >= 15 is 0 Å². The van der Waals surface area contributed by atoms with Gasteiger partial charge in [0.15, 0.2) is 0 Å². The van der Waals surface area contributed by atoms with Crippen molar-refractivity contribution in [3.05, 3.63) is 35.7 Å². The number of nitrogens with one attached hydrogen (secondary N) is 1. The molecule has 1 N–H and O–H groups in total. The molecular weight excluding hydrogens is 206 g/mol. The molecule has 3 rings (SSSR count). The SMILES string of the molecule is c1ccc(-c2n[nH]c3c2CSCC3)nc1. The Kier molecular flexibility index (Phi) is 2.21. The molecule has 0 unspecified atom stereocenters. The van der Waals surface area contributed by atoms with Crippen molar-refractivity contribution in [1.82, 2.24) is 15.2 Å². The first kappa shape index (κ1) is 8.97. The lowest BCUT2D eigenvalue weighted by Gasteiger charge is -2.10. The van der Waals surface area contributed by atoms with Crippen LogP contribution in [0.25, 0.3) is 11.4 Å². The predicted octanol–water partition coefficient (Wildman–Crippen LogP) is 2.26. The Labute approximate surface area is 92.3 Å². The van der Waals surface area contributed by atoms with Crippen LogP contribution in [0.4, 0.5) is 0 Å². The van der Waals surface area contributed by atoms with Gasteiger partial charge >= 0.3 is 0 Å². The number of aromatic nitrogens is 3. The van der Waals surface area contributed by atoms with Gasteiger partial charge in [-0.2, -0.15) is 16.9 Å². The van der Waals surface area contributed by atoms with Crippen LogP contribution in [0.1, 0.15) is 11.3 Å². The number of aryl methyl sites for hydroxylation is 1. The second kappa shape index (κ2) is 3.70. The van der Waals surface area contributed by atoms with E-state index in [1.54, 1.807) is 0 Å². The van der Waals surface area contributed by atoms with E-state index < -0.39 is 0 Å². The Hall–Kier alpha value is -1.29. The Morgan fingerprint density at radius 1 is 1.33 bits per heavy atom. The van der Waals surface area contributed by atoms with Gasteiger partial charge in [0.25, 0.3) is 0 Å². The summed E-state index contributed by atoms with van der Waals surface area (Å²) in [5.41, 5.74) is 4.62. The van der Waals surface area contributed by atoms with Crippen LogP contribution in [-0.4, -0.2) is 20.9 Å². The van der Waals surface area contributed by atoms with Crippen LogP contribution in [0.5, 0.6) is 0 Å². The monoisotopic (exact) mass is 217 g/mol. The third-order valence-corrected chi connectivity index (χ3v) is 3.59. The van der Waals surface area contributed by atoms with Gasteiger partial charge in [0.1, 0.15) is 5.69 Å². The minimum absolute atomic E-state index is 0.970. The van der Waals surface area contributed by atoms with Gasteiger partial charge in [0.05, 0.1) is 5.69 Å². The van der Waals surface area contributed by atoms with Gasteiger partial charge in [0.2, 0.25) is 0 Å². The Balaban J connectivity index is 2.09. The summed E-state index contributed by atoms with van der Waals surface area (Å²) in [7, 11) is 0. The fourth-order valence-corrected chi connectivity index (χ4v) is 2.83. The van der Waals surface area contributed by atoms with Crippen LogP contribution >= 0.6 is 11.8 Å². The average Bonchev–Trinajstić information content (AvgIpc) is 2.74. The highest BCUT2D eigenvalue weighted by Crippen LogP contribution is 2.30. The molecule has 0 aliphatic carbocycles. The standard InChI is InChI=1S/C11H11N3S/c1-2-5-12-10(3-1)11-8-7-15-6-4-9(8)13-14-11/h1-3,5H,4,6-7H2,(H,13,14). The zero-order chi connectivity index (χ0) is 10.1. The number of thioether (sulfide) groups is 1. The van der Waals surface area contributed by atoms with Gasteiger partial charge in [-0.15, -0.1) is 0 Å². The number of hydrogen-bond acceptors (Lipinski definition) is 3. The van der Waals surface area contributed by atoms with Crippen molar-refractivity contribution in [1.29, 1.82) is 0 Å². The van der Waals surface area contributed by atoms with Crippen molar-refractivity contribution >= 4 is 11.8 Å². The van der Waals surface area contributed by atoms with E-state index in [-0.39, 0.29) is 0 Å². The molecule has 0 amide bonds. The third-order valence-electron chi connectivity index (χ3n) is 2.60. The number of rotatable bonds is 1. The summed E-state index contributed by atoms with van der Waals surface area (Å²) in [6, 6.07) is 5.94. The van der Waals surface area contributed by atoms with Gasteiger partial charge in [-0.25, -0.2) is 0 Å². The molecular formula is C11H11N3S. The molecule has 3 heterocycles. The fourth-order valence-electron chi connectivity index (χ4n) is 1.83. The molecule has 4 heteroatoms. The van der Waals surface area contributed by atoms with Gasteiger partial charge < -0.3 is 0 Å². The molecule has 3 nitrogen and oxygen atoms in total. The van der Waals surface area contributed by atoms with Crippen molar-refractivity contribution in [3.8, 4) is 11.4 Å². The highest BCUT2D eigenvalue weighted by atomic mass is 32.2. The Morgan fingerprint density at radius 2 is 2.33 bits per heavy atom. The summed E-state index contributed by atoms with van der Waals surface area (Å²) in [5, 5.41) is 7.49.